The molecule has 0 amide bonds. The van der Waals surface area contributed by atoms with Crippen molar-refractivity contribution in [1.82, 2.24) is 0 Å². The number of carbonyl (C=O) groups excluding carboxylic acids is 2. The van der Waals surface area contributed by atoms with Crippen molar-refractivity contribution in [1.29, 1.82) is 0 Å². The molecule has 0 aliphatic heterocycles. The Morgan fingerprint density at radius 2 is 1.89 bits per heavy atom. The van der Waals surface area contributed by atoms with Crippen molar-refractivity contribution in [3.8, 4) is 0 Å². The number of halogens is 1. The van der Waals surface area contributed by atoms with Gasteiger partial charge in [-0.2, -0.15) is 0 Å². The summed E-state index contributed by atoms with van der Waals surface area (Å²) >= 11 is 0. The van der Waals surface area contributed by atoms with Crippen LogP contribution in [-0.4, -0.2) is 18.1 Å². The van der Waals surface area contributed by atoms with Gasteiger partial charge in [-0.3, -0.25) is 9.59 Å². The summed E-state index contributed by atoms with van der Waals surface area (Å²) in [5.74, 6) is 3.29. The molecule has 4 saturated carbocycles. The molecule has 4 heteroatoms. The summed E-state index contributed by atoms with van der Waals surface area (Å²) < 4.78 is 0. The number of allylic oxidation sites excluding steroid dienone is 1. The molecule has 4 rings (SSSR count). The van der Waals surface area contributed by atoms with Crippen LogP contribution < -0.4 is 5.73 Å². The molecule has 0 bridgehead atoms. The van der Waals surface area contributed by atoms with Gasteiger partial charge in [0.15, 0.2) is 0 Å². The molecule has 4 fully saturated rings. The Kier molecular flexibility index (Phi) is 5.95. The van der Waals surface area contributed by atoms with Gasteiger partial charge in [0.25, 0.3) is 0 Å². The SMILES string of the molecule is C[C@]12CC[C@H](/C=C\CCN)CC1C(=O)C[C@@H]1[C@@H]2CC[C@]2(C)C(=O)CC[C@@H]12.Cl. The minimum atomic E-state index is -0.132. The van der Waals surface area contributed by atoms with Crippen molar-refractivity contribution in [2.75, 3.05) is 6.54 Å². The molecule has 0 radical (unpaired) electrons. The second kappa shape index (κ2) is 7.63. The van der Waals surface area contributed by atoms with Crippen molar-refractivity contribution in [2.24, 2.45) is 46.2 Å². The first kappa shape index (κ1) is 21.0. The van der Waals surface area contributed by atoms with E-state index in [1.165, 1.54) is 12.8 Å². The van der Waals surface area contributed by atoms with Crippen molar-refractivity contribution in [3.63, 3.8) is 0 Å². The average molecular weight is 394 g/mol. The highest BCUT2D eigenvalue weighted by Crippen LogP contribution is 2.65. The third kappa shape index (κ3) is 3.23. The second-order valence-electron chi connectivity index (χ2n) is 10.1. The van der Waals surface area contributed by atoms with Crippen LogP contribution in [0.1, 0.15) is 71.6 Å². The molecule has 0 spiro atoms. The van der Waals surface area contributed by atoms with Gasteiger partial charge in [0.1, 0.15) is 11.6 Å². The molecule has 0 aromatic rings. The highest BCUT2D eigenvalue weighted by molar-refractivity contribution is 5.88. The average Bonchev–Trinajstić information content (AvgIpc) is 2.92. The van der Waals surface area contributed by atoms with Gasteiger partial charge in [0.2, 0.25) is 0 Å². The molecular formula is C23H36ClNO2. The summed E-state index contributed by atoms with van der Waals surface area (Å²) in [5, 5.41) is 0. The Balaban J connectivity index is 0.00000210. The number of carbonyl (C=O) groups is 2. The standard InChI is InChI=1S/C23H35NO2.ClH/c1-22-10-8-15(5-3-4-12-24)13-19(22)20(25)14-16-17-6-7-21(26)23(17,2)11-9-18(16)22;/h3,5,15-19H,4,6-14,24H2,1-2H3;1H/b5-3-;/t15-,16-,17-,18-,19?,22+,23-;/m0./s1. The summed E-state index contributed by atoms with van der Waals surface area (Å²) in [6, 6.07) is 0. The third-order valence-electron chi connectivity index (χ3n) is 8.95. The van der Waals surface area contributed by atoms with Crippen LogP contribution in [0.15, 0.2) is 12.2 Å². The largest absolute Gasteiger partial charge is 0.330 e. The lowest BCUT2D eigenvalue weighted by Crippen LogP contribution is -2.56. The fraction of sp³-hybridized carbons (Fsp3) is 0.826. The van der Waals surface area contributed by atoms with Gasteiger partial charge in [-0.05, 0) is 80.6 Å². The summed E-state index contributed by atoms with van der Waals surface area (Å²) in [6.07, 6.45) is 13.6. The number of Topliss-reactive ketones (excluding diaryl/α,β-unsaturated/α-hetero) is 2. The number of hydrogen-bond acceptors (Lipinski definition) is 3. The van der Waals surface area contributed by atoms with Gasteiger partial charge in [-0.1, -0.05) is 26.0 Å². The lowest BCUT2D eigenvalue weighted by atomic mass is 9.44. The normalized spacial score (nSPS) is 46.6. The zero-order valence-electron chi connectivity index (χ0n) is 16.9. The van der Waals surface area contributed by atoms with E-state index in [-0.39, 0.29) is 29.2 Å². The van der Waals surface area contributed by atoms with Crippen LogP contribution in [0.2, 0.25) is 0 Å². The van der Waals surface area contributed by atoms with Crippen LogP contribution in [0.5, 0.6) is 0 Å². The second-order valence-corrected chi connectivity index (χ2v) is 10.1. The Labute approximate surface area is 170 Å². The van der Waals surface area contributed by atoms with Crippen LogP contribution in [-0.2, 0) is 9.59 Å². The Hall–Kier alpha value is -0.670. The zero-order valence-corrected chi connectivity index (χ0v) is 17.7. The van der Waals surface area contributed by atoms with Crippen LogP contribution in [0.3, 0.4) is 0 Å². The van der Waals surface area contributed by atoms with E-state index in [4.69, 9.17) is 5.73 Å². The first-order chi connectivity index (χ1) is 12.4. The molecule has 27 heavy (non-hydrogen) atoms. The lowest BCUT2D eigenvalue weighted by Gasteiger charge is -2.59. The van der Waals surface area contributed by atoms with E-state index in [2.05, 4.69) is 26.0 Å². The quantitative estimate of drug-likeness (QED) is 0.705. The van der Waals surface area contributed by atoms with E-state index >= 15 is 0 Å². The van der Waals surface area contributed by atoms with Crippen LogP contribution in [0.25, 0.3) is 0 Å². The monoisotopic (exact) mass is 393 g/mol. The van der Waals surface area contributed by atoms with Gasteiger partial charge in [0.05, 0.1) is 0 Å². The number of ketones is 2. The maximum absolute atomic E-state index is 13.2. The number of rotatable bonds is 3. The van der Waals surface area contributed by atoms with Crippen molar-refractivity contribution in [3.05, 3.63) is 12.2 Å². The first-order valence-corrected chi connectivity index (χ1v) is 10.8. The molecule has 152 valence electrons. The van der Waals surface area contributed by atoms with Crippen molar-refractivity contribution < 1.29 is 9.59 Å². The summed E-state index contributed by atoms with van der Waals surface area (Å²) in [4.78, 5) is 25.7. The molecule has 2 N–H and O–H groups in total. The fourth-order valence-electron chi connectivity index (χ4n) is 7.40. The van der Waals surface area contributed by atoms with E-state index < -0.39 is 0 Å². The summed E-state index contributed by atoms with van der Waals surface area (Å²) in [7, 11) is 0. The zero-order chi connectivity index (χ0) is 18.5. The van der Waals surface area contributed by atoms with Gasteiger partial charge < -0.3 is 5.73 Å². The molecule has 0 saturated heterocycles. The van der Waals surface area contributed by atoms with E-state index in [1.807, 2.05) is 0 Å². The minimum Gasteiger partial charge on any atom is -0.330 e. The Morgan fingerprint density at radius 3 is 2.63 bits per heavy atom. The predicted octanol–water partition coefficient (Wildman–Crippen LogP) is 4.72. The number of fused-ring (bicyclic) bond motifs is 5. The molecule has 4 aliphatic rings. The molecule has 7 atom stereocenters. The van der Waals surface area contributed by atoms with Crippen molar-refractivity contribution >= 4 is 24.0 Å². The molecule has 0 aromatic carbocycles. The highest BCUT2D eigenvalue weighted by atomic mass is 35.5. The number of nitrogens with two attached hydrogens (primary N) is 1. The van der Waals surface area contributed by atoms with Gasteiger partial charge in [-0.25, -0.2) is 0 Å². The first-order valence-electron chi connectivity index (χ1n) is 10.8. The molecule has 0 aromatic heterocycles. The fourth-order valence-corrected chi connectivity index (χ4v) is 7.40. The molecule has 4 aliphatic carbocycles. The highest BCUT2D eigenvalue weighted by Gasteiger charge is 2.62. The van der Waals surface area contributed by atoms with Crippen molar-refractivity contribution in [2.45, 2.75) is 71.6 Å². The molecule has 1 unspecified atom stereocenters. The predicted molar refractivity (Wildman–Crippen MR) is 111 cm³/mol. The number of hydrogen-bond donors (Lipinski definition) is 1. The maximum atomic E-state index is 13.2. The molecule has 3 nitrogen and oxygen atoms in total. The topological polar surface area (TPSA) is 60.2 Å². The third-order valence-corrected chi connectivity index (χ3v) is 8.95. The maximum Gasteiger partial charge on any atom is 0.139 e. The molecular weight excluding hydrogens is 358 g/mol. The van der Waals surface area contributed by atoms with Gasteiger partial charge in [-0.15, -0.1) is 12.4 Å². The lowest BCUT2D eigenvalue weighted by molar-refractivity contribution is -0.157. The molecule has 0 heterocycles. The van der Waals surface area contributed by atoms with E-state index in [1.54, 1.807) is 0 Å². The van der Waals surface area contributed by atoms with Gasteiger partial charge in [0, 0.05) is 24.2 Å². The van der Waals surface area contributed by atoms with Crippen LogP contribution in [0.4, 0.5) is 0 Å². The van der Waals surface area contributed by atoms with Crippen LogP contribution in [0, 0.1) is 40.4 Å². The summed E-state index contributed by atoms with van der Waals surface area (Å²) in [5.41, 5.74) is 5.63. The Morgan fingerprint density at radius 1 is 1.11 bits per heavy atom. The Bertz CT molecular complexity index is 632. The van der Waals surface area contributed by atoms with E-state index in [9.17, 15) is 9.59 Å². The minimum absolute atomic E-state index is 0. The summed E-state index contributed by atoms with van der Waals surface area (Å²) in [6.45, 7) is 5.30. The van der Waals surface area contributed by atoms with Gasteiger partial charge >= 0.3 is 0 Å². The smallest absolute Gasteiger partial charge is 0.139 e. The van der Waals surface area contributed by atoms with E-state index in [0.29, 0.717) is 41.8 Å². The van der Waals surface area contributed by atoms with E-state index in [0.717, 1.165) is 44.9 Å². The van der Waals surface area contributed by atoms with Crippen LogP contribution >= 0.6 is 12.4 Å².